The quantitative estimate of drug-likeness (QED) is 0.0595. The molecule has 4 heteroatoms. The van der Waals surface area contributed by atoms with Gasteiger partial charge >= 0.3 is 5.97 Å². The molecule has 0 aliphatic rings. The van der Waals surface area contributed by atoms with Gasteiger partial charge in [-0.15, -0.1) is 0 Å². The summed E-state index contributed by atoms with van der Waals surface area (Å²) in [7, 11) is 0. The highest BCUT2D eigenvalue weighted by atomic mass is 16.4. The molecule has 0 spiro atoms. The van der Waals surface area contributed by atoms with E-state index in [0.29, 0.717) is 18.6 Å². The summed E-state index contributed by atoms with van der Waals surface area (Å²) < 4.78 is 0. The molecule has 0 saturated heterocycles. The van der Waals surface area contributed by atoms with Gasteiger partial charge in [-0.2, -0.15) is 0 Å². The van der Waals surface area contributed by atoms with E-state index in [0.717, 1.165) is 44.9 Å². The zero-order valence-electron chi connectivity index (χ0n) is 59.8. The minimum absolute atomic E-state index is 0.279. The summed E-state index contributed by atoms with van der Waals surface area (Å²) in [5, 5.41) is 20.5. The van der Waals surface area contributed by atoms with Gasteiger partial charge < -0.3 is 10.2 Å². The minimum Gasteiger partial charge on any atom is -0.481 e. The number of hydrogen-bond donors (Lipinski definition) is 2. The molecule has 3 atom stereocenters. The van der Waals surface area contributed by atoms with Crippen LogP contribution in [0.3, 0.4) is 0 Å². The van der Waals surface area contributed by atoms with E-state index < -0.39 is 18.0 Å². The molecule has 0 aromatic carbocycles. The monoisotopic (exact) mass is 1210 g/mol. The predicted octanol–water partition coefficient (Wildman–Crippen LogP) is 29.2. The number of hydrogen-bond acceptors (Lipinski definition) is 3. The molecular formula is C82H162O4. The molecular weight excluding hydrogens is 1050 g/mol. The Hall–Kier alpha value is -0.900. The molecule has 0 rings (SSSR count). The van der Waals surface area contributed by atoms with Gasteiger partial charge in [0.15, 0.2) is 0 Å². The van der Waals surface area contributed by atoms with Gasteiger partial charge in [-0.1, -0.05) is 464 Å². The molecule has 3 unspecified atom stereocenters. The van der Waals surface area contributed by atoms with E-state index in [1.165, 1.54) is 417 Å². The lowest BCUT2D eigenvalue weighted by atomic mass is 9.91. The smallest absolute Gasteiger partial charge is 0.309 e. The summed E-state index contributed by atoms with van der Waals surface area (Å²) >= 11 is 0. The number of aliphatic carboxylic acids is 1. The van der Waals surface area contributed by atoms with Gasteiger partial charge in [0.2, 0.25) is 0 Å². The van der Waals surface area contributed by atoms with Crippen LogP contribution in [-0.2, 0) is 9.59 Å². The molecule has 514 valence electrons. The number of aliphatic hydroxyl groups excluding tert-OH is 1. The van der Waals surface area contributed by atoms with Crippen molar-refractivity contribution >= 4 is 11.8 Å². The number of Topliss-reactive ketones (excluding diaryl/α,β-unsaturated/α-hetero) is 1. The second-order valence-electron chi connectivity index (χ2n) is 29.0. The van der Waals surface area contributed by atoms with E-state index in [4.69, 9.17) is 0 Å². The number of aliphatic hydroxyl groups is 1. The molecule has 0 aliphatic carbocycles. The number of unbranched alkanes of at least 4 members (excludes halogenated alkanes) is 67. The Morgan fingerprint density at radius 2 is 0.395 bits per heavy atom. The van der Waals surface area contributed by atoms with Crippen molar-refractivity contribution in [1.82, 2.24) is 0 Å². The van der Waals surface area contributed by atoms with E-state index in [-0.39, 0.29) is 5.92 Å². The zero-order chi connectivity index (χ0) is 62.2. The fourth-order valence-electron chi connectivity index (χ4n) is 14.0. The Morgan fingerprint density at radius 1 is 0.233 bits per heavy atom. The molecule has 0 bridgehead atoms. The zero-order valence-corrected chi connectivity index (χ0v) is 59.8. The number of carbonyl (C=O) groups excluding carboxylic acids is 1. The van der Waals surface area contributed by atoms with Crippen molar-refractivity contribution in [2.45, 2.75) is 502 Å². The first-order valence-electron chi connectivity index (χ1n) is 40.9. The second kappa shape index (κ2) is 74.8. The summed E-state index contributed by atoms with van der Waals surface area (Å²) in [6, 6.07) is 0. The molecule has 86 heavy (non-hydrogen) atoms. The van der Waals surface area contributed by atoms with E-state index in [1.807, 2.05) is 0 Å². The summed E-state index contributed by atoms with van der Waals surface area (Å²) in [5.41, 5.74) is 0. The standard InChI is InChI=1S/C82H162O4/c1-4-6-8-10-12-14-16-18-20-22-24-25-36-39-43-47-51-55-59-63-67-71-75-79(82(85)86)81(84)77-73-69-65-61-57-53-49-45-41-38-35-33-31-29-27-26-28-30-32-34-37-40-44-48-52-56-60-64-68-72-76-80(83)78(3)74-70-66-62-58-54-50-46-42-23-21-19-17-15-13-11-9-7-5-2/h78-79,81,84H,4-77H2,1-3H3,(H,85,86). The third-order valence-corrected chi connectivity index (χ3v) is 20.4. The SMILES string of the molecule is CCCCCCCCCCCCCCCCCCCCCCCCC(C(=O)O)C(O)CCCCCCCCCCCCCCCCCCCCCCCCCCCCCCCCC(=O)C(C)CCCCCCCCCCCCCCCCCCCC. The summed E-state index contributed by atoms with van der Waals surface area (Å²) in [4.78, 5) is 24.6. The fourth-order valence-corrected chi connectivity index (χ4v) is 14.0. The summed E-state index contributed by atoms with van der Waals surface area (Å²) in [6.45, 7) is 6.79. The molecule has 0 fully saturated rings. The van der Waals surface area contributed by atoms with Crippen LogP contribution in [0.15, 0.2) is 0 Å². The molecule has 0 aliphatic heterocycles. The van der Waals surface area contributed by atoms with Crippen LogP contribution < -0.4 is 0 Å². The van der Waals surface area contributed by atoms with Crippen molar-refractivity contribution in [3.8, 4) is 0 Å². The molecule has 0 aromatic heterocycles. The first-order chi connectivity index (χ1) is 42.4. The van der Waals surface area contributed by atoms with Crippen LogP contribution in [0.4, 0.5) is 0 Å². The average molecular weight is 1210 g/mol. The molecule has 0 heterocycles. The van der Waals surface area contributed by atoms with Crippen molar-refractivity contribution in [2.75, 3.05) is 0 Å². The molecule has 0 saturated carbocycles. The van der Waals surface area contributed by atoms with E-state index >= 15 is 0 Å². The number of carbonyl (C=O) groups is 2. The molecule has 0 radical (unpaired) electrons. The van der Waals surface area contributed by atoms with E-state index in [1.54, 1.807) is 0 Å². The normalized spacial score (nSPS) is 12.8. The predicted molar refractivity (Wildman–Crippen MR) is 384 cm³/mol. The van der Waals surface area contributed by atoms with Crippen LogP contribution in [-0.4, -0.2) is 28.1 Å². The van der Waals surface area contributed by atoms with Gasteiger partial charge in [0.1, 0.15) is 5.78 Å². The van der Waals surface area contributed by atoms with E-state index in [2.05, 4.69) is 20.8 Å². The van der Waals surface area contributed by atoms with Gasteiger partial charge in [0, 0.05) is 12.3 Å². The third-order valence-electron chi connectivity index (χ3n) is 20.4. The van der Waals surface area contributed by atoms with Crippen LogP contribution in [0.1, 0.15) is 496 Å². The van der Waals surface area contributed by atoms with Gasteiger partial charge in [-0.25, -0.2) is 0 Å². The van der Waals surface area contributed by atoms with Crippen LogP contribution in [0.25, 0.3) is 0 Å². The lowest BCUT2D eigenvalue weighted by Crippen LogP contribution is -2.28. The third kappa shape index (κ3) is 69.0. The van der Waals surface area contributed by atoms with Crippen LogP contribution in [0.2, 0.25) is 0 Å². The molecule has 0 aromatic rings. The molecule has 2 N–H and O–H groups in total. The van der Waals surface area contributed by atoms with Gasteiger partial charge in [-0.3, -0.25) is 9.59 Å². The van der Waals surface area contributed by atoms with Crippen LogP contribution in [0.5, 0.6) is 0 Å². The number of ketones is 1. The van der Waals surface area contributed by atoms with Crippen LogP contribution in [0, 0.1) is 11.8 Å². The van der Waals surface area contributed by atoms with Crippen LogP contribution >= 0.6 is 0 Å². The maximum absolute atomic E-state index is 12.7. The Kier molecular flexibility index (Phi) is 74.0. The Labute approximate surface area is 542 Å². The molecule has 0 amide bonds. The van der Waals surface area contributed by atoms with E-state index in [9.17, 15) is 19.8 Å². The van der Waals surface area contributed by atoms with Crippen molar-refractivity contribution in [3.05, 3.63) is 0 Å². The highest BCUT2D eigenvalue weighted by Crippen LogP contribution is 2.24. The van der Waals surface area contributed by atoms with Gasteiger partial charge in [0.05, 0.1) is 12.0 Å². The Morgan fingerprint density at radius 3 is 0.593 bits per heavy atom. The van der Waals surface area contributed by atoms with Crippen molar-refractivity contribution in [1.29, 1.82) is 0 Å². The maximum atomic E-state index is 12.7. The Bertz CT molecular complexity index is 1260. The number of carboxylic acids is 1. The fraction of sp³-hybridized carbons (Fsp3) is 0.976. The Balaban J connectivity index is 3.36. The van der Waals surface area contributed by atoms with Crippen molar-refractivity contribution < 1.29 is 19.8 Å². The second-order valence-corrected chi connectivity index (χ2v) is 29.0. The first-order valence-corrected chi connectivity index (χ1v) is 40.9. The van der Waals surface area contributed by atoms with Crippen molar-refractivity contribution in [2.24, 2.45) is 11.8 Å². The molecule has 4 nitrogen and oxygen atoms in total. The van der Waals surface area contributed by atoms with Gasteiger partial charge in [-0.05, 0) is 25.7 Å². The highest BCUT2D eigenvalue weighted by molar-refractivity contribution is 5.80. The largest absolute Gasteiger partial charge is 0.481 e. The number of rotatable bonds is 78. The lowest BCUT2D eigenvalue weighted by Gasteiger charge is -2.19. The van der Waals surface area contributed by atoms with Gasteiger partial charge in [0.25, 0.3) is 0 Å². The summed E-state index contributed by atoms with van der Waals surface area (Å²) in [6.07, 6.45) is 98.9. The number of carboxylic acid groups (broad SMARTS) is 1. The maximum Gasteiger partial charge on any atom is 0.309 e. The average Bonchev–Trinajstić information content (AvgIpc) is 3.60. The minimum atomic E-state index is -0.802. The topological polar surface area (TPSA) is 74.6 Å². The first kappa shape index (κ1) is 85.1. The van der Waals surface area contributed by atoms with Crippen molar-refractivity contribution in [3.63, 3.8) is 0 Å². The highest BCUT2D eigenvalue weighted by Gasteiger charge is 2.25. The lowest BCUT2D eigenvalue weighted by molar-refractivity contribution is -0.146. The summed E-state index contributed by atoms with van der Waals surface area (Å²) in [5.74, 6) is -0.578.